The minimum absolute atomic E-state index is 0.0231. The van der Waals surface area contributed by atoms with Crippen molar-refractivity contribution < 1.29 is 13.9 Å². The second-order valence-corrected chi connectivity index (χ2v) is 7.58. The molecule has 0 saturated carbocycles. The largest absolute Gasteiger partial charge is 0.456 e. The first kappa shape index (κ1) is 21.9. The quantitative estimate of drug-likeness (QED) is 0.452. The molecule has 2 aromatic heterocycles. The van der Waals surface area contributed by atoms with E-state index in [1.165, 1.54) is 4.57 Å². The van der Waals surface area contributed by atoms with E-state index in [2.05, 4.69) is 21.9 Å². The molecule has 0 spiro atoms. The number of nitrogens with one attached hydrogen (secondary N) is 1. The van der Waals surface area contributed by atoms with Crippen LogP contribution in [-0.4, -0.2) is 20.4 Å². The first-order valence-electron chi connectivity index (χ1n) is 10.1. The lowest BCUT2D eigenvalue weighted by Crippen LogP contribution is -2.18. The molecule has 2 heterocycles. The third-order valence-corrected chi connectivity index (χ3v) is 5.19. The molecule has 2 aromatic carbocycles. The number of ether oxygens (including phenoxy) is 1. The van der Waals surface area contributed by atoms with Crippen molar-refractivity contribution in [2.75, 3.05) is 5.32 Å². The van der Waals surface area contributed by atoms with Gasteiger partial charge in [-0.1, -0.05) is 24.8 Å². The highest BCUT2D eigenvalue weighted by atomic mass is 19.1. The zero-order valence-corrected chi connectivity index (χ0v) is 18.3. The zero-order valence-electron chi connectivity index (χ0n) is 18.3. The topological polar surface area (TPSA) is 86.1 Å². The number of anilines is 1. The molecule has 0 unspecified atom stereocenters. The number of para-hydroxylation sites is 1. The number of benzene rings is 2. The van der Waals surface area contributed by atoms with E-state index in [9.17, 15) is 14.0 Å². The Morgan fingerprint density at radius 1 is 1.15 bits per heavy atom. The first-order valence-corrected chi connectivity index (χ1v) is 10.1. The van der Waals surface area contributed by atoms with Crippen LogP contribution in [0.15, 0.2) is 66.2 Å². The average Bonchev–Trinajstić information content (AvgIpc) is 2.79. The molecule has 0 fully saturated rings. The summed E-state index contributed by atoms with van der Waals surface area (Å²) in [6, 6.07) is 10.9. The summed E-state index contributed by atoms with van der Waals surface area (Å²) in [7, 11) is 1.58. The van der Waals surface area contributed by atoms with Crippen molar-refractivity contribution in [2.45, 2.75) is 13.8 Å². The van der Waals surface area contributed by atoms with Crippen LogP contribution in [0.2, 0.25) is 0 Å². The molecule has 0 aliphatic carbocycles. The number of nitrogens with zero attached hydrogens (tertiary/aromatic N) is 3. The Morgan fingerprint density at radius 2 is 1.88 bits per heavy atom. The van der Waals surface area contributed by atoms with Crippen LogP contribution >= 0.6 is 0 Å². The molecule has 1 amide bonds. The Hall–Kier alpha value is -4.33. The van der Waals surface area contributed by atoms with Gasteiger partial charge in [0.1, 0.15) is 17.0 Å². The predicted molar refractivity (Wildman–Crippen MR) is 125 cm³/mol. The maximum atomic E-state index is 14.0. The molecule has 0 aliphatic rings. The highest BCUT2D eigenvalue weighted by Crippen LogP contribution is 2.39. The molecular weight excluding hydrogens is 423 g/mol. The van der Waals surface area contributed by atoms with E-state index in [4.69, 9.17) is 4.74 Å². The van der Waals surface area contributed by atoms with E-state index in [-0.39, 0.29) is 16.9 Å². The third kappa shape index (κ3) is 4.23. The lowest BCUT2D eigenvalue weighted by atomic mass is 10.0. The van der Waals surface area contributed by atoms with Gasteiger partial charge < -0.3 is 14.6 Å². The van der Waals surface area contributed by atoms with Gasteiger partial charge in [0.05, 0.1) is 6.20 Å². The van der Waals surface area contributed by atoms with Crippen molar-refractivity contribution in [1.82, 2.24) is 14.5 Å². The van der Waals surface area contributed by atoms with E-state index < -0.39 is 11.5 Å². The molecule has 4 aromatic rings. The first-order chi connectivity index (χ1) is 15.8. The van der Waals surface area contributed by atoms with Gasteiger partial charge in [-0.15, -0.1) is 0 Å². The second-order valence-electron chi connectivity index (χ2n) is 7.58. The summed E-state index contributed by atoms with van der Waals surface area (Å²) in [5.41, 5.74) is 2.97. The van der Waals surface area contributed by atoms with Gasteiger partial charge in [-0.25, -0.2) is 9.97 Å². The number of rotatable bonds is 5. The highest BCUT2D eigenvalue weighted by molar-refractivity contribution is 6.00. The van der Waals surface area contributed by atoms with Gasteiger partial charge in [-0.05, 0) is 49.2 Å². The molecule has 0 radical (unpaired) electrons. The zero-order chi connectivity index (χ0) is 23.7. The SMILES string of the molecule is C=CC(=O)Nc1ccc(Oc2c(C)cccc2C)c(-c2cn(C)c(=O)c3ncc(F)nc23)c1. The number of fused-ring (bicyclic) bond motifs is 1. The van der Waals surface area contributed by atoms with Crippen LogP contribution in [0.4, 0.5) is 10.1 Å². The molecule has 166 valence electrons. The number of halogens is 1. The van der Waals surface area contributed by atoms with Gasteiger partial charge in [0, 0.05) is 30.1 Å². The number of hydrogen-bond donors (Lipinski definition) is 1. The average molecular weight is 444 g/mol. The normalized spacial score (nSPS) is 10.8. The van der Waals surface area contributed by atoms with E-state index >= 15 is 0 Å². The molecule has 0 aliphatic heterocycles. The van der Waals surface area contributed by atoms with Gasteiger partial charge in [0.25, 0.3) is 5.56 Å². The molecular formula is C25H21FN4O3. The van der Waals surface area contributed by atoms with Gasteiger partial charge in [0.2, 0.25) is 11.9 Å². The van der Waals surface area contributed by atoms with Crippen molar-refractivity contribution in [3.63, 3.8) is 0 Å². The van der Waals surface area contributed by atoms with E-state index in [0.29, 0.717) is 28.3 Å². The number of pyridine rings is 1. The molecule has 33 heavy (non-hydrogen) atoms. The monoisotopic (exact) mass is 444 g/mol. The van der Waals surface area contributed by atoms with E-state index in [0.717, 1.165) is 23.4 Å². The summed E-state index contributed by atoms with van der Waals surface area (Å²) in [5, 5.41) is 2.71. The Labute approximate surface area is 189 Å². The smallest absolute Gasteiger partial charge is 0.278 e. The summed E-state index contributed by atoms with van der Waals surface area (Å²) in [4.78, 5) is 32.4. The molecule has 8 heteroatoms. The highest BCUT2D eigenvalue weighted by Gasteiger charge is 2.18. The van der Waals surface area contributed by atoms with Crippen LogP contribution in [0, 0.1) is 19.8 Å². The van der Waals surface area contributed by atoms with Crippen LogP contribution in [0.3, 0.4) is 0 Å². The number of amides is 1. The number of carbonyl (C=O) groups is 1. The lowest BCUT2D eigenvalue weighted by molar-refractivity contribution is -0.111. The minimum atomic E-state index is -0.815. The van der Waals surface area contributed by atoms with E-state index in [1.54, 1.807) is 31.4 Å². The standard InChI is InChI=1S/C25H21FN4O3/c1-5-21(31)28-16-9-10-19(33-24-14(2)7-6-8-15(24)3)17(11-16)18-13-30(4)25(32)23-22(18)29-20(26)12-27-23/h5-13H,1H2,2-4H3,(H,28,31). The van der Waals surface area contributed by atoms with Gasteiger partial charge in [-0.3, -0.25) is 9.59 Å². The fraction of sp³-hybridized carbons (Fsp3) is 0.120. The Kier molecular flexibility index (Phi) is 5.74. The van der Waals surface area contributed by atoms with Crippen LogP contribution < -0.4 is 15.6 Å². The van der Waals surface area contributed by atoms with Crippen molar-refractivity contribution in [2.24, 2.45) is 7.05 Å². The molecule has 0 bridgehead atoms. The fourth-order valence-corrected chi connectivity index (χ4v) is 3.56. The number of aromatic nitrogens is 3. The summed E-state index contributed by atoms with van der Waals surface area (Å²) in [6.45, 7) is 7.33. The molecule has 0 saturated heterocycles. The number of hydrogen-bond acceptors (Lipinski definition) is 5. The summed E-state index contributed by atoms with van der Waals surface area (Å²) < 4.78 is 21.7. The lowest BCUT2D eigenvalue weighted by Gasteiger charge is -2.17. The minimum Gasteiger partial charge on any atom is -0.456 e. The van der Waals surface area contributed by atoms with Crippen molar-refractivity contribution in [1.29, 1.82) is 0 Å². The number of carbonyl (C=O) groups excluding carboxylic acids is 1. The van der Waals surface area contributed by atoms with Gasteiger partial charge >= 0.3 is 0 Å². The van der Waals surface area contributed by atoms with Gasteiger partial charge in [0.15, 0.2) is 5.52 Å². The molecule has 4 rings (SSSR count). The summed E-state index contributed by atoms with van der Waals surface area (Å²) in [5.74, 6) is -0.0890. The molecule has 7 nitrogen and oxygen atoms in total. The van der Waals surface area contributed by atoms with Crippen LogP contribution in [0.1, 0.15) is 11.1 Å². The fourth-order valence-electron chi connectivity index (χ4n) is 3.56. The van der Waals surface area contributed by atoms with E-state index in [1.807, 2.05) is 32.0 Å². The van der Waals surface area contributed by atoms with Crippen molar-refractivity contribution >= 4 is 22.6 Å². The predicted octanol–water partition coefficient (Wildman–Crippen LogP) is 4.67. The van der Waals surface area contributed by atoms with Crippen molar-refractivity contribution in [3.8, 4) is 22.6 Å². The van der Waals surface area contributed by atoms with Crippen LogP contribution in [0.25, 0.3) is 22.2 Å². The Bertz CT molecular complexity index is 1460. The van der Waals surface area contributed by atoms with Crippen LogP contribution in [-0.2, 0) is 11.8 Å². The Morgan fingerprint density at radius 3 is 2.58 bits per heavy atom. The maximum absolute atomic E-state index is 14.0. The van der Waals surface area contributed by atoms with Gasteiger partial charge in [-0.2, -0.15) is 4.39 Å². The molecule has 1 N–H and O–H groups in total. The number of aryl methyl sites for hydroxylation is 3. The Balaban J connectivity index is 1.99. The summed E-state index contributed by atoms with van der Waals surface area (Å²) >= 11 is 0. The maximum Gasteiger partial charge on any atom is 0.278 e. The van der Waals surface area contributed by atoms with Crippen molar-refractivity contribution in [3.05, 3.63) is 88.9 Å². The summed E-state index contributed by atoms with van der Waals surface area (Å²) in [6.07, 6.45) is 3.61. The molecule has 0 atom stereocenters. The second kappa shape index (κ2) is 8.66. The van der Waals surface area contributed by atoms with Crippen LogP contribution in [0.5, 0.6) is 11.5 Å². The third-order valence-electron chi connectivity index (χ3n) is 5.19.